The van der Waals surface area contributed by atoms with Gasteiger partial charge in [-0.15, -0.1) is 10.2 Å². The van der Waals surface area contributed by atoms with E-state index >= 15 is 0 Å². The molecule has 1 amide bonds. The summed E-state index contributed by atoms with van der Waals surface area (Å²) in [7, 11) is 0. The molecule has 3 aromatic rings. The van der Waals surface area contributed by atoms with Gasteiger partial charge in [0.1, 0.15) is 10.6 Å². The second kappa shape index (κ2) is 5.38. The minimum atomic E-state index is -0.537. The Morgan fingerprint density at radius 3 is 2.86 bits per heavy atom. The van der Waals surface area contributed by atoms with E-state index in [1.807, 2.05) is 0 Å². The normalized spacial score (nSPS) is 10.8. The molecular weight excluding hydrogens is 358 g/mol. The van der Waals surface area contributed by atoms with Gasteiger partial charge < -0.3 is 4.42 Å². The van der Waals surface area contributed by atoms with Crippen LogP contribution in [0, 0.1) is 6.92 Å². The Labute approximate surface area is 130 Å². The van der Waals surface area contributed by atoms with Crippen LogP contribution >= 0.6 is 27.3 Å². The topological polar surface area (TPSA) is 85.1 Å². The fourth-order valence-corrected chi connectivity index (χ4v) is 2.67. The Morgan fingerprint density at radius 2 is 2.14 bits per heavy atom. The number of fused-ring (bicyclic) bond motifs is 1. The van der Waals surface area contributed by atoms with Gasteiger partial charge in [-0.1, -0.05) is 27.3 Å². The Kier molecular flexibility index (Phi) is 3.56. The Hall–Kier alpha value is -2.06. The number of benzene rings is 1. The van der Waals surface area contributed by atoms with E-state index in [-0.39, 0.29) is 11.2 Å². The molecule has 3 rings (SSSR count). The first-order valence-corrected chi connectivity index (χ1v) is 7.49. The molecule has 21 heavy (non-hydrogen) atoms. The molecule has 0 spiro atoms. The quantitative estimate of drug-likeness (QED) is 0.754. The second-order valence-corrected chi connectivity index (χ2v) is 6.29. The van der Waals surface area contributed by atoms with Gasteiger partial charge in [0.25, 0.3) is 5.91 Å². The maximum atomic E-state index is 12.1. The van der Waals surface area contributed by atoms with Crippen molar-refractivity contribution >= 4 is 49.3 Å². The predicted molar refractivity (Wildman–Crippen MR) is 82.8 cm³/mol. The van der Waals surface area contributed by atoms with Gasteiger partial charge in [-0.05, 0) is 25.1 Å². The van der Waals surface area contributed by atoms with Crippen molar-refractivity contribution in [1.29, 1.82) is 0 Å². The SMILES string of the molecule is Cc1nnc(NC(=O)c2cc(=O)c3ccc(Br)cc3o2)s1. The summed E-state index contributed by atoms with van der Waals surface area (Å²) in [6.07, 6.45) is 0. The van der Waals surface area contributed by atoms with Crippen molar-refractivity contribution in [2.24, 2.45) is 0 Å². The average molecular weight is 366 g/mol. The highest BCUT2D eigenvalue weighted by Gasteiger charge is 2.14. The number of carbonyl (C=O) groups is 1. The van der Waals surface area contributed by atoms with E-state index in [1.54, 1.807) is 25.1 Å². The van der Waals surface area contributed by atoms with Crippen molar-refractivity contribution in [2.45, 2.75) is 6.92 Å². The fraction of sp³-hybridized carbons (Fsp3) is 0.0769. The first kappa shape index (κ1) is 13.9. The summed E-state index contributed by atoms with van der Waals surface area (Å²) in [6.45, 7) is 1.78. The molecule has 6 nitrogen and oxygen atoms in total. The molecule has 0 saturated carbocycles. The van der Waals surface area contributed by atoms with Crippen LogP contribution in [-0.4, -0.2) is 16.1 Å². The molecular formula is C13H8BrN3O3S. The zero-order chi connectivity index (χ0) is 15.0. The number of anilines is 1. The standard InChI is InChI=1S/C13H8BrN3O3S/c1-6-16-17-13(21-6)15-12(19)11-5-9(18)8-3-2-7(14)4-10(8)20-11/h2-5H,1H3,(H,15,17,19). The van der Waals surface area contributed by atoms with Crippen LogP contribution in [0.2, 0.25) is 0 Å². The minimum absolute atomic E-state index is 0.0709. The molecule has 0 atom stereocenters. The molecule has 2 aromatic heterocycles. The van der Waals surface area contributed by atoms with E-state index in [0.717, 1.165) is 9.48 Å². The maximum Gasteiger partial charge on any atom is 0.293 e. The van der Waals surface area contributed by atoms with Crippen molar-refractivity contribution in [3.05, 3.63) is 49.7 Å². The Balaban J connectivity index is 2.00. The van der Waals surface area contributed by atoms with E-state index < -0.39 is 5.91 Å². The molecule has 1 aromatic carbocycles. The van der Waals surface area contributed by atoms with Gasteiger partial charge in [0.15, 0.2) is 11.2 Å². The van der Waals surface area contributed by atoms with E-state index in [2.05, 4.69) is 31.4 Å². The molecule has 0 fully saturated rings. The lowest BCUT2D eigenvalue weighted by molar-refractivity contribution is 0.0997. The molecule has 2 heterocycles. The van der Waals surface area contributed by atoms with Gasteiger partial charge in [0, 0.05) is 10.5 Å². The van der Waals surface area contributed by atoms with Crippen molar-refractivity contribution < 1.29 is 9.21 Å². The van der Waals surface area contributed by atoms with Crippen molar-refractivity contribution in [3.63, 3.8) is 0 Å². The maximum absolute atomic E-state index is 12.1. The molecule has 0 aliphatic rings. The molecule has 106 valence electrons. The lowest BCUT2D eigenvalue weighted by Gasteiger charge is -2.02. The van der Waals surface area contributed by atoms with Crippen LogP contribution < -0.4 is 10.7 Å². The summed E-state index contributed by atoms with van der Waals surface area (Å²) in [5, 5.41) is 11.6. The average Bonchev–Trinajstić information content (AvgIpc) is 2.83. The summed E-state index contributed by atoms with van der Waals surface area (Å²) in [4.78, 5) is 24.1. The molecule has 0 unspecified atom stereocenters. The molecule has 0 aliphatic heterocycles. The first-order chi connectivity index (χ1) is 10.0. The van der Waals surface area contributed by atoms with Crippen molar-refractivity contribution in [2.75, 3.05) is 5.32 Å². The lowest BCUT2D eigenvalue weighted by atomic mass is 10.2. The van der Waals surface area contributed by atoms with Gasteiger partial charge in [-0.2, -0.15) is 0 Å². The number of halogens is 1. The third-order valence-corrected chi connectivity index (χ3v) is 3.91. The van der Waals surface area contributed by atoms with Crippen LogP contribution in [0.5, 0.6) is 0 Å². The predicted octanol–water partition coefficient (Wildman–Crippen LogP) is 2.97. The summed E-state index contributed by atoms with van der Waals surface area (Å²) < 4.78 is 6.24. The highest BCUT2D eigenvalue weighted by atomic mass is 79.9. The number of rotatable bonds is 2. The Bertz CT molecular complexity index is 903. The molecule has 0 saturated heterocycles. The first-order valence-electron chi connectivity index (χ1n) is 5.88. The largest absolute Gasteiger partial charge is 0.451 e. The van der Waals surface area contributed by atoms with Gasteiger partial charge in [0.05, 0.1) is 5.39 Å². The number of nitrogens with one attached hydrogen (secondary N) is 1. The van der Waals surface area contributed by atoms with Gasteiger partial charge in [-0.25, -0.2) is 0 Å². The third kappa shape index (κ3) is 2.86. The number of aromatic nitrogens is 2. The second-order valence-electron chi connectivity index (χ2n) is 4.20. The molecule has 0 radical (unpaired) electrons. The van der Waals surface area contributed by atoms with E-state index in [0.29, 0.717) is 16.1 Å². The zero-order valence-electron chi connectivity index (χ0n) is 10.7. The van der Waals surface area contributed by atoms with Crippen LogP contribution in [0.15, 0.2) is 37.9 Å². The third-order valence-electron chi connectivity index (χ3n) is 2.66. The highest BCUT2D eigenvalue weighted by molar-refractivity contribution is 9.10. The Morgan fingerprint density at radius 1 is 1.33 bits per heavy atom. The van der Waals surface area contributed by atoms with Crippen molar-refractivity contribution in [3.8, 4) is 0 Å². The molecule has 0 aliphatic carbocycles. The van der Waals surface area contributed by atoms with Gasteiger partial charge >= 0.3 is 0 Å². The van der Waals surface area contributed by atoms with Crippen LogP contribution in [0.1, 0.15) is 15.6 Å². The number of hydrogen-bond donors (Lipinski definition) is 1. The highest BCUT2D eigenvalue weighted by Crippen LogP contribution is 2.19. The number of aryl methyl sites for hydroxylation is 1. The molecule has 0 bridgehead atoms. The molecule has 1 N–H and O–H groups in total. The van der Waals surface area contributed by atoms with Crippen LogP contribution in [-0.2, 0) is 0 Å². The summed E-state index contributed by atoms with van der Waals surface area (Å²) in [6, 6.07) is 6.19. The monoisotopic (exact) mass is 365 g/mol. The smallest absolute Gasteiger partial charge is 0.293 e. The van der Waals surface area contributed by atoms with Gasteiger partial charge in [0.2, 0.25) is 5.13 Å². The zero-order valence-corrected chi connectivity index (χ0v) is 13.1. The van der Waals surface area contributed by atoms with Crippen LogP contribution in [0.25, 0.3) is 11.0 Å². The number of amides is 1. The number of nitrogens with zero attached hydrogens (tertiary/aromatic N) is 2. The van der Waals surface area contributed by atoms with E-state index in [9.17, 15) is 9.59 Å². The van der Waals surface area contributed by atoms with E-state index in [4.69, 9.17) is 4.42 Å². The van der Waals surface area contributed by atoms with Crippen molar-refractivity contribution in [1.82, 2.24) is 10.2 Å². The van der Waals surface area contributed by atoms with Crippen LogP contribution in [0.4, 0.5) is 5.13 Å². The van der Waals surface area contributed by atoms with Crippen LogP contribution in [0.3, 0.4) is 0 Å². The summed E-state index contributed by atoms with van der Waals surface area (Å²) >= 11 is 4.54. The summed E-state index contributed by atoms with van der Waals surface area (Å²) in [5.41, 5.74) is 0.0674. The number of hydrogen-bond acceptors (Lipinski definition) is 6. The molecule has 8 heteroatoms. The minimum Gasteiger partial charge on any atom is -0.451 e. The summed E-state index contributed by atoms with van der Waals surface area (Å²) in [5.74, 6) is -0.608. The fourth-order valence-electron chi connectivity index (χ4n) is 1.75. The van der Waals surface area contributed by atoms with Gasteiger partial charge in [-0.3, -0.25) is 14.9 Å². The number of carbonyl (C=O) groups excluding carboxylic acids is 1. The lowest BCUT2D eigenvalue weighted by Crippen LogP contribution is -2.14. The van der Waals surface area contributed by atoms with E-state index in [1.165, 1.54) is 17.4 Å².